The lowest BCUT2D eigenvalue weighted by Crippen LogP contribution is -2.47. The monoisotopic (exact) mass is 476 g/mol. The van der Waals surface area contributed by atoms with E-state index in [0.29, 0.717) is 18.8 Å². The smallest absolute Gasteiger partial charge is 0.402 e. The number of rotatable bonds is 7. The van der Waals surface area contributed by atoms with E-state index in [4.69, 9.17) is 9.47 Å². The molecule has 6 nitrogen and oxygen atoms in total. The minimum atomic E-state index is -4.65. The van der Waals surface area contributed by atoms with Crippen molar-refractivity contribution in [1.82, 2.24) is 4.90 Å². The molecule has 0 amide bonds. The lowest BCUT2D eigenvalue weighted by molar-refractivity contribution is -0.106. The van der Waals surface area contributed by atoms with Crippen molar-refractivity contribution < 1.29 is 31.1 Å². The van der Waals surface area contributed by atoms with Gasteiger partial charge in [-0.15, -0.1) is 0 Å². The number of fused-ring (bicyclic) bond motifs is 1. The molecule has 4 rings (SSSR count). The molecular weight excluding hydrogens is 445 g/mol. The number of benzene rings is 1. The van der Waals surface area contributed by atoms with Crippen LogP contribution < -0.4 is 14.4 Å². The number of hydrogen-bond donors (Lipinski definition) is 0. The van der Waals surface area contributed by atoms with Crippen molar-refractivity contribution in [1.29, 1.82) is 0 Å². The molecule has 0 bridgehead atoms. The first-order chi connectivity index (χ1) is 15.2. The largest absolute Gasteiger partial charge is 0.454 e. The molecule has 0 atom stereocenters. The Balaban J connectivity index is 1.16. The zero-order valence-electron chi connectivity index (χ0n) is 18.1. The Bertz CT molecular complexity index is 878. The Hall–Kier alpha value is -1.68. The molecule has 2 aliphatic heterocycles. The van der Waals surface area contributed by atoms with Gasteiger partial charge in [-0.05, 0) is 49.8 Å². The number of nitrogens with zero attached hydrogens (tertiary/aromatic N) is 2. The van der Waals surface area contributed by atoms with Gasteiger partial charge in [0.15, 0.2) is 21.3 Å². The van der Waals surface area contributed by atoms with E-state index >= 15 is 0 Å². The molecule has 1 aromatic carbocycles. The Morgan fingerprint density at radius 2 is 1.66 bits per heavy atom. The van der Waals surface area contributed by atoms with Gasteiger partial charge in [-0.25, -0.2) is 8.42 Å². The number of sulfone groups is 1. The van der Waals surface area contributed by atoms with E-state index < -0.39 is 21.8 Å². The molecule has 2 fully saturated rings. The number of piperazine rings is 1. The van der Waals surface area contributed by atoms with Gasteiger partial charge in [0.1, 0.15) is 5.75 Å². The number of hydrogen-bond acceptors (Lipinski definition) is 6. The Morgan fingerprint density at radius 1 is 0.969 bits per heavy atom. The average Bonchev–Trinajstić information content (AvgIpc) is 3.21. The number of halogens is 3. The van der Waals surface area contributed by atoms with Crippen LogP contribution in [0.15, 0.2) is 18.2 Å². The summed E-state index contributed by atoms with van der Waals surface area (Å²) in [6.07, 6.45) is -0.381. The van der Waals surface area contributed by atoms with Crippen molar-refractivity contribution in [3.05, 3.63) is 18.2 Å². The fraction of sp³-hybridized carbons (Fsp3) is 0.727. The molecule has 0 unspecified atom stereocenters. The predicted molar refractivity (Wildman–Crippen MR) is 116 cm³/mol. The maximum atomic E-state index is 12.4. The molecule has 1 aliphatic carbocycles. The first kappa shape index (κ1) is 23.5. The van der Waals surface area contributed by atoms with Crippen LogP contribution in [0.25, 0.3) is 0 Å². The summed E-state index contributed by atoms with van der Waals surface area (Å²) in [7, 11) is -4.07. The molecule has 180 valence electrons. The third kappa shape index (κ3) is 6.21. The topological polar surface area (TPSA) is 59.1 Å². The average molecular weight is 477 g/mol. The molecule has 1 aromatic rings. The van der Waals surface area contributed by atoms with Crippen LogP contribution >= 0.6 is 0 Å². The zero-order valence-corrected chi connectivity index (χ0v) is 19.0. The summed E-state index contributed by atoms with van der Waals surface area (Å²) < 4.78 is 71.9. The molecule has 2 heterocycles. The molecule has 1 saturated heterocycles. The van der Waals surface area contributed by atoms with Crippen LogP contribution in [-0.2, 0) is 9.84 Å². The lowest BCUT2D eigenvalue weighted by atomic mass is 9.81. The van der Waals surface area contributed by atoms with Gasteiger partial charge >= 0.3 is 6.18 Å². The maximum Gasteiger partial charge on any atom is 0.402 e. The lowest BCUT2D eigenvalue weighted by Gasteiger charge is -2.37. The fourth-order valence-electron chi connectivity index (χ4n) is 5.10. The number of ether oxygens (including phenoxy) is 2. The maximum absolute atomic E-state index is 12.4. The van der Waals surface area contributed by atoms with Gasteiger partial charge < -0.3 is 14.4 Å². The summed E-state index contributed by atoms with van der Waals surface area (Å²) in [5.74, 6) is -0.0177. The summed E-state index contributed by atoms with van der Waals surface area (Å²) in [5, 5.41) is 0. The second-order valence-electron chi connectivity index (χ2n) is 9.18. The molecule has 0 radical (unpaired) electrons. The molecule has 3 aliphatic rings. The van der Waals surface area contributed by atoms with Crippen molar-refractivity contribution in [2.75, 3.05) is 55.9 Å². The van der Waals surface area contributed by atoms with Crippen molar-refractivity contribution in [3.8, 4) is 11.5 Å². The third-order valence-electron chi connectivity index (χ3n) is 6.78. The Labute approximate surface area is 187 Å². The van der Waals surface area contributed by atoms with Crippen molar-refractivity contribution in [3.63, 3.8) is 0 Å². The molecule has 32 heavy (non-hydrogen) atoms. The van der Waals surface area contributed by atoms with E-state index in [1.54, 1.807) is 0 Å². The van der Waals surface area contributed by atoms with Gasteiger partial charge in [-0.1, -0.05) is 18.9 Å². The summed E-state index contributed by atoms with van der Waals surface area (Å²) in [6.45, 7) is 5.04. The Kier molecular flexibility index (Phi) is 7.09. The van der Waals surface area contributed by atoms with E-state index in [1.165, 1.54) is 0 Å². The standard InChI is InChI=1S/C22H31F3N2O4S/c23-22(24,25)15-32(28,29)14-18-6-4-17(5-7-18)8-9-26-10-12-27(13-11-26)19-2-1-3-20-21(19)31-16-30-20/h1-3,17-18H,4-16H2. The van der Waals surface area contributed by atoms with Crippen LogP contribution in [0.3, 0.4) is 0 Å². The Morgan fingerprint density at radius 3 is 2.34 bits per heavy atom. The van der Waals surface area contributed by atoms with Crippen LogP contribution in [0.2, 0.25) is 0 Å². The van der Waals surface area contributed by atoms with Crippen LogP contribution in [0.1, 0.15) is 32.1 Å². The van der Waals surface area contributed by atoms with Crippen molar-refractivity contribution in [2.24, 2.45) is 11.8 Å². The SMILES string of the molecule is O=S(=O)(CC1CCC(CCN2CCN(c3cccc4c3OCO4)CC2)CC1)CC(F)(F)F. The van der Waals surface area contributed by atoms with Crippen LogP contribution in [0, 0.1) is 11.8 Å². The minimum absolute atomic E-state index is 0.138. The normalized spacial score (nSPS) is 24.7. The van der Waals surface area contributed by atoms with Gasteiger partial charge in [0.05, 0.1) is 11.4 Å². The van der Waals surface area contributed by atoms with Gasteiger partial charge in [-0.2, -0.15) is 13.2 Å². The first-order valence-corrected chi connectivity index (χ1v) is 13.1. The van der Waals surface area contributed by atoms with Gasteiger partial charge in [0.2, 0.25) is 6.79 Å². The van der Waals surface area contributed by atoms with Crippen molar-refractivity contribution in [2.45, 2.75) is 38.3 Å². The first-order valence-electron chi connectivity index (χ1n) is 11.3. The third-order valence-corrected chi connectivity index (χ3v) is 8.53. The summed E-state index contributed by atoms with van der Waals surface area (Å²) in [5.41, 5.74) is 1.08. The minimum Gasteiger partial charge on any atom is -0.454 e. The van der Waals surface area contributed by atoms with Crippen molar-refractivity contribution >= 4 is 15.5 Å². The molecular formula is C22H31F3N2O4S. The van der Waals surface area contributed by atoms with E-state index in [2.05, 4.69) is 15.9 Å². The predicted octanol–water partition coefficient (Wildman–Crippen LogP) is 3.71. The van der Waals surface area contributed by atoms with Gasteiger partial charge in [0, 0.05) is 26.2 Å². The van der Waals surface area contributed by atoms with E-state index in [0.717, 1.165) is 69.2 Å². The summed E-state index contributed by atoms with van der Waals surface area (Å²) in [6, 6.07) is 5.97. The second-order valence-corrected chi connectivity index (χ2v) is 11.3. The molecule has 0 spiro atoms. The molecule has 0 aromatic heterocycles. The van der Waals surface area contributed by atoms with E-state index in [9.17, 15) is 21.6 Å². The fourth-order valence-corrected chi connectivity index (χ4v) is 6.76. The molecule has 0 N–H and O–H groups in total. The van der Waals surface area contributed by atoms with Crippen LogP contribution in [0.5, 0.6) is 11.5 Å². The quantitative estimate of drug-likeness (QED) is 0.598. The van der Waals surface area contributed by atoms with E-state index in [1.807, 2.05) is 12.1 Å². The second kappa shape index (κ2) is 9.67. The highest BCUT2D eigenvalue weighted by Gasteiger charge is 2.37. The van der Waals surface area contributed by atoms with Gasteiger partial charge in [-0.3, -0.25) is 4.90 Å². The highest BCUT2D eigenvalue weighted by Crippen LogP contribution is 2.41. The van der Waals surface area contributed by atoms with Crippen LogP contribution in [-0.4, -0.2) is 70.5 Å². The van der Waals surface area contributed by atoms with Gasteiger partial charge in [0.25, 0.3) is 0 Å². The highest BCUT2D eigenvalue weighted by molar-refractivity contribution is 7.91. The summed E-state index contributed by atoms with van der Waals surface area (Å²) in [4.78, 5) is 4.79. The number of para-hydroxylation sites is 1. The zero-order chi connectivity index (χ0) is 22.8. The number of alkyl halides is 3. The molecule has 1 saturated carbocycles. The van der Waals surface area contributed by atoms with E-state index in [-0.39, 0.29) is 18.5 Å². The molecule has 10 heteroatoms. The highest BCUT2D eigenvalue weighted by atomic mass is 32.2. The van der Waals surface area contributed by atoms with Crippen LogP contribution in [0.4, 0.5) is 18.9 Å². The number of anilines is 1. The summed E-state index contributed by atoms with van der Waals surface area (Å²) >= 11 is 0.